The fourth-order valence-electron chi connectivity index (χ4n) is 2.35. The molecule has 0 unspecified atom stereocenters. The van der Waals surface area contributed by atoms with E-state index in [2.05, 4.69) is 73.3 Å². The summed E-state index contributed by atoms with van der Waals surface area (Å²) in [5.41, 5.74) is 3.56. The Morgan fingerprint density at radius 1 is 0.650 bits per heavy atom. The lowest BCUT2D eigenvalue weighted by atomic mass is 10.0. The van der Waals surface area contributed by atoms with Gasteiger partial charge in [0, 0.05) is 0 Å². The van der Waals surface area contributed by atoms with E-state index < -0.39 is 0 Å². The molecule has 0 aliphatic rings. The zero-order chi connectivity index (χ0) is 13.8. The monoisotopic (exact) mass is 256 g/mol. The predicted octanol–water partition coefficient (Wildman–Crippen LogP) is 5.65. The number of hydrogen-bond acceptors (Lipinski definition) is 0. The maximum absolute atomic E-state index is 3.85. The summed E-state index contributed by atoms with van der Waals surface area (Å²) in [6.45, 7) is 3.85. The van der Waals surface area contributed by atoms with Crippen molar-refractivity contribution in [3.8, 4) is 0 Å². The summed E-state index contributed by atoms with van der Waals surface area (Å²) >= 11 is 0. The van der Waals surface area contributed by atoms with E-state index in [0.29, 0.717) is 0 Å². The number of hydrogen-bond donors (Lipinski definition) is 0. The lowest BCUT2D eigenvalue weighted by Gasteiger charge is -2.01. The Morgan fingerprint density at radius 3 is 2.15 bits per heavy atom. The van der Waals surface area contributed by atoms with Crippen molar-refractivity contribution in [2.45, 2.75) is 0 Å². The first-order valence-electron chi connectivity index (χ1n) is 6.75. The van der Waals surface area contributed by atoms with Crippen LogP contribution in [0, 0.1) is 0 Å². The van der Waals surface area contributed by atoms with Crippen LogP contribution in [-0.4, -0.2) is 0 Å². The summed E-state index contributed by atoms with van der Waals surface area (Å²) in [5.74, 6) is 0. The van der Waals surface area contributed by atoms with E-state index in [9.17, 15) is 0 Å². The topological polar surface area (TPSA) is 0 Å². The Labute approximate surface area is 119 Å². The fourth-order valence-corrected chi connectivity index (χ4v) is 2.35. The van der Waals surface area contributed by atoms with Gasteiger partial charge in [-0.1, -0.05) is 85.5 Å². The molecule has 0 aliphatic carbocycles. The van der Waals surface area contributed by atoms with Crippen LogP contribution >= 0.6 is 0 Å². The number of rotatable bonds is 3. The maximum Gasteiger partial charge on any atom is -0.0178 e. The lowest BCUT2D eigenvalue weighted by Crippen LogP contribution is -1.79. The highest BCUT2D eigenvalue weighted by atomic mass is 14.0. The van der Waals surface area contributed by atoms with Crippen molar-refractivity contribution in [3.63, 3.8) is 0 Å². The van der Waals surface area contributed by atoms with Gasteiger partial charge >= 0.3 is 0 Å². The third-order valence-corrected chi connectivity index (χ3v) is 3.44. The van der Waals surface area contributed by atoms with Crippen LogP contribution in [0.5, 0.6) is 0 Å². The van der Waals surface area contributed by atoms with Gasteiger partial charge in [0.15, 0.2) is 0 Å². The molecule has 0 spiro atoms. The van der Waals surface area contributed by atoms with Gasteiger partial charge < -0.3 is 0 Å². The third-order valence-electron chi connectivity index (χ3n) is 3.44. The van der Waals surface area contributed by atoms with Crippen LogP contribution < -0.4 is 0 Å². The summed E-state index contributed by atoms with van der Waals surface area (Å²) in [4.78, 5) is 0. The van der Waals surface area contributed by atoms with Crippen molar-refractivity contribution in [1.29, 1.82) is 0 Å². The molecule has 0 aliphatic heterocycles. The number of fused-ring (bicyclic) bond motifs is 1. The molecule has 20 heavy (non-hydrogen) atoms. The van der Waals surface area contributed by atoms with Crippen LogP contribution in [0.2, 0.25) is 0 Å². The van der Waals surface area contributed by atoms with Gasteiger partial charge in [-0.2, -0.15) is 0 Å². The summed E-state index contributed by atoms with van der Waals surface area (Å²) in [5, 5.41) is 2.54. The van der Waals surface area contributed by atoms with E-state index in [4.69, 9.17) is 0 Å². The molecule has 0 fully saturated rings. The van der Waals surface area contributed by atoms with Crippen molar-refractivity contribution >= 4 is 29.0 Å². The van der Waals surface area contributed by atoms with Gasteiger partial charge in [-0.3, -0.25) is 0 Å². The molecule has 3 rings (SSSR count). The first-order chi connectivity index (χ1) is 9.86. The van der Waals surface area contributed by atoms with Gasteiger partial charge in [-0.25, -0.2) is 0 Å². The Hall–Kier alpha value is -2.60. The molecule has 96 valence electrons. The highest BCUT2D eigenvalue weighted by molar-refractivity contribution is 5.86. The van der Waals surface area contributed by atoms with E-state index in [1.54, 1.807) is 0 Å². The SMILES string of the molecule is C=Cc1ccccc1/C=C\c1ccc2ccccc2c1. The molecule has 0 saturated carbocycles. The standard InChI is InChI=1S/C20H16/c1-2-17-7-3-4-8-18(17)13-11-16-12-14-19-9-5-6-10-20(19)15-16/h2-15H,1H2/b13-11-. The molecule has 0 amide bonds. The van der Waals surface area contributed by atoms with Crippen LogP contribution in [-0.2, 0) is 0 Å². The normalized spacial score (nSPS) is 11.0. The molecule has 0 N–H and O–H groups in total. The first-order valence-corrected chi connectivity index (χ1v) is 6.75. The minimum Gasteiger partial charge on any atom is -0.0984 e. The van der Waals surface area contributed by atoms with Crippen LogP contribution in [0.15, 0.2) is 73.3 Å². The third kappa shape index (κ3) is 2.55. The summed E-state index contributed by atoms with van der Waals surface area (Å²) in [6, 6.07) is 23.2. The molecule has 0 nitrogen and oxygen atoms in total. The van der Waals surface area contributed by atoms with Crippen LogP contribution in [0.1, 0.15) is 16.7 Å². The Morgan fingerprint density at radius 2 is 1.35 bits per heavy atom. The van der Waals surface area contributed by atoms with Gasteiger partial charge in [-0.05, 0) is 33.5 Å². The average Bonchev–Trinajstić information content (AvgIpc) is 2.53. The molecule has 0 heteroatoms. The summed E-state index contributed by atoms with van der Waals surface area (Å²) in [6.07, 6.45) is 6.18. The highest BCUT2D eigenvalue weighted by Gasteiger charge is 1.95. The first kappa shape index (κ1) is 12.4. The van der Waals surface area contributed by atoms with Crippen molar-refractivity contribution in [2.24, 2.45) is 0 Å². The second-order valence-corrected chi connectivity index (χ2v) is 4.77. The quantitative estimate of drug-likeness (QED) is 0.531. The smallest absolute Gasteiger partial charge is 0.0178 e. The largest absolute Gasteiger partial charge is 0.0984 e. The van der Waals surface area contributed by atoms with E-state index in [1.807, 2.05) is 18.2 Å². The minimum atomic E-state index is 1.16. The van der Waals surface area contributed by atoms with Crippen molar-refractivity contribution < 1.29 is 0 Å². The predicted molar refractivity (Wildman–Crippen MR) is 89.4 cm³/mol. The van der Waals surface area contributed by atoms with E-state index in [0.717, 1.165) is 5.56 Å². The molecule has 0 saturated heterocycles. The summed E-state index contributed by atoms with van der Waals surface area (Å²) in [7, 11) is 0. The maximum atomic E-state index is 3.85. The zero-order valence-electron chi connectivity index (χ0n) is 11.3. The zero-order valence-corrected chi connectivity index (χ0v) is 11.3. The van der Waals surface area contributed by atoms with E-state index in [-0.39, 0.29) is 0 Å². The van der Waals surface area contributed by atoms with E-state index >= 15 is 0 Å². The van der Waals surface area contributed by atoms with Gasteiger partial charge in [-0.15, -0.1) is 0 Å². The van der Waals surface area contributed by atoms with Crippen LogP contribution in [0.25, 0.3) is 29.0 Å². The van der Waals surface area contributed by atoms with Crippen molar-refractivity contribution in [3.05, 3.63) is 90.0 Å². The number of benzene rings is 3. The van der Waals surface area contributed by atoms with Crippen LogP contribution in [0.3, 0.4) is 0 Å². The van der Waals surface area contributed by atoms with Crippen molar-refractivity contribution in [1.82, 2.24) is 0 Å². The average molecular weight is 256 g/mol. The molecule has 0 atom stereocenters. The van der Waals surface area contributed by atoms with Gasteiger partial charge in [0.2, 0.25) is 0 Å². The second kappa shape index (κ2) is 5.58. The van der Waals surface area contributed by atoms with Crippen LogP contribution in [0.4, 0.5) is 0 Å². The molecule has 3 aromatic rings. The van der Waals surface area contributed by atoms with E-state index in [1.165, 1.54) is 21.9 Å². The highest BCUT2D eigenvalue weighted by Crippen LogP contribution is 2.18. The minimum absolute atomic E-state index is 1.16. The summed E-state index contributed by atoms with van der Waals surface area (Å²) < 4.78 is 0. The molecular weight excluding hydrogens is 240 g/mol. The fraction of sp³-hybridized carbons (Fsp3) is 0. The van der Waals surface area contributed by atoms with Gasteiger partial charge in [0.1, 0.15) is 0 Å². The molecule has 0 radical (unpaired) electrons. The lowest BCUT2D eigenvalue weighted by molar-refractivity contribution is 1.61. The molecule has 3 aromatic carbocycles. The molecule has 0 aromatic heterocycles. The molecule has 0 bridgehead atoms. The van der Waals surface area contributed by atoms with Crippen molar-refractivity contribution in [2.75, 3.05) is 0 Å². The van der Waals surface area contributed by atoms with Gasteiger partial charge in [0.25, 0.3) is 0 Å². The Kier molecular flexibility index (Phi) is 3.47. The molecular formula is C20H16. The second-order valence-electron chi connectivity index (χ2n) is 4.77. The van der Waals surface area contributed by atoms with Gasteiger partial charge in [0.05, 0.1) is 0 Å². The Balaban J connectivity index is 1.96. The molecule has 0 heterocycles. The Bertz CT molecular complexity index is 779.